The van der Waals surface area contributed by atoms with Crippen molar-refractivity contribution in [2.24, 2.45) is 0 Å². The summed E-state index contributed by atoms with van der Waals surface area (Å²) in [6.07, 6.45) is 6.17. The van der Waals surface area contributed by atoms with E-state index in [0.29, 0.717) is 34.5 Å². The molecule has 0 N–H and O–H groups in total. The predicted octanol–water partition coefficient (Wildman–Crippen LogP) is 4.87. The Hall–Kier alpha value is -3.59. The molecule has 0 saturated carbocycles. The van der Waals surface area contributed by atoms with Crippen molar-refractivity contribution < 1.29 is 19.0 Å². The molecule has 0 unspecified atom stereocenters. The fraction of sp³-hybridized carbons (Fsp3) is 0.320. The molecule has 0 aliphatic rings. The van der Waals surface area contributed by atoms with E-state index in [1.807, 2.05) is 17.7 Å². The zero-order chi connectivity index (χ0) is 24.2. The molecule has 4 rings (SSSR count). The Morgan fingerprint density at radius 3 is 2.41 bits per heavy atom. The third-order valence-electron chi connectivity index (χ3n) is 5.56. The van der Waals surface area contributed by atoms with Crippen molar-refractivity contribution >= 4 is 32.6 Å². The van der Waals surface area contributed by atoms with Crippen LogP contribution < -0.4 is 19.1 Å². The summed E-state index contributed by atoms with van der Waals surface area (Å²) in [6.45, 7) is 5.34. The van der Waals surface area contributed by atoms with Gasteiger partial charge in [-0.3, -0.25) is 9.69 Å². The second-order valence-corrected chi connectivity index (χ2v) is 8.96. The van der Waals surface area contributed by atoms with Crippen LogP contribution in [0.25, 0.3) is 10.2 Å². The van der Waals surface area contributed by atoms with Gasteiger partial charge in [0.1, 0.15) is 0 Å². The van der Waals surface area contributed by atoms with E-state index < -0.39 is 0 Å². The Labute approximate surface area is 202 Å². The van der Waals surface area contributed by atoms with Crippen molar-refractivity contribution in [2.45, 2.75) is 26.8 Å². The first-order chi connectivity index (χ1) is 16.4. The van der Waals surface area contributed by atoms with Crippen molar-refractivity contribution in [3.05, 3.63) is 59.7 Å². The number of amides is 1. The molecule has 2 aromatic heterocycles. The van der Waals surface area contributed by atoms with Gasteiger partial charge in [-0.05, 0) is 49.6 Å². The van der Waals surface area contributed by atoms with E-state index in [0.717, 1.165) is 28.7 Å². The number of methoxy groups -OCH3 is 3. The molecule has 2 aromatic carbocycles. The van der Waals surface area contributed by atoms with Crippen LogP contribution in [-0.2, 0) is 6.54 Å². The number of hydrogen-bond donors (Lipinski definition) is 0. The maximum Gasteiger partial charge on any atom is 0.260 e. The van der Waals surface area contributed by atoms with Gasteiger partial charge in [-0.2, -0.15) is 0 Å². The number of rotatable bonds is 9. The number of fused-ring (bicyclic) bond motifs is 1. The molecule has 0 bridgehead atoms. The Bertz CT molecular complexity index is 1270. The number of ether oxygens (including phenoxy) is 3. The molecular weight excluding hydrogens is 452 g/mol. The fourth-order valence-electron chi connectivity index (χ4n) is 3.95. The standard InChI is InChI=1S/C25H28N4O4S/c1-16-11-17(2)22-21(12-16)34-25(27-22)29(9-6-8-28-10-7-26-15-28)24(30)18-13-19(31-3)23(33-5)20(14-18)32-4/h7,10-15H,6,8-9H2,1-5H3. The second-order valence-electron chi connectivity index (χ2n) is 7.95. The molecule has 0 atom stereocenters. The lowest BCUT2D eigenvalue weighted by molar-refractivity contribution is 0.0985. The highest BCUT2D eigenvalue weighted by atomic mass is 32.1. The van der Waals surface area contributed by atoms with Crippen LogP contribution in [0.15, 0.2) is 43.0 Å². The summed E-state index contributed by atoms with van der Waals surface area (Å²) in [7, 11) is 4.61. The SMILES string of the molecule is COc1cc(C(=O)N(CCCn2ccnc2)c2nc3c(C)cc(C)cc3s2)cc(OC)c1OC. The van der Waals surface area contributed by atoms with Gasteiger partial charge in [-0.1, -0.05) is 17.4 Å². The van der Waals surface area contributed by atoms with Crippen LogP contribution in [0.5, 0.6) is 17.2 Å². The number of anilines is 1. The molecule has 1 amide bonds. The molecule has 4 aromatic rings. The van der Waals surface area contributed by atoms with Crippen molar-refractivity contribution in [3.63, 3.8) is 0 Å². The van der Waals surface area contributed by atoms with Crippen molar-refractivity contribution in [3.8, 4) is 17.2 Å². The van der Waals surface area contributed by atoms with E-state index in [1.54, 1.807) is 29.6 Å². The minimum atomic E-state index is -0.182. The minimum absolute atomic E-state index is 0.182. The molecule has 0 radical (unpaired) electrons. The molecule has 2 heterocycles. The highest BCUT2D eigenvalue weighted by molar-refractivity contribution is 7.22. The molecule has 0 aliphatic heterocycles. The van der Waals surface area contributed by atoms with Gasteiger partial charge in [0.2, 0.25) is 5.75 Å². The second kappa shape index (κ2) is 10.1. The van der Waals surface area contributed by atoms with E-state index in [9.17, 15) is 4.79 Å². The van der Waals surface area contributed by atoms with E-state index in [-0.39, 0.29) is 5.91 Å². The van der Waals surface area contributed by atoms with Gasteiger partial charge in [-0.25, -0.2) is 9.97 Å². The van der Waals surface area contributed by atoms with E-state index >= 15 is 0 Å². The molecule has 0 spiro atoms. The van der Waals surface area contributed by atoms with Crippen LogP contribution in [0.2, 0.25) is 0 Å². The highest BCUT2D eigenvalue weighted by Crippen LogP contribution is 2.39. The average molecular weight is 481 g/mol. The summed E-state index contributed by atoms with van der Waals surface area (Å²) < 4.78 is 19.4. The maximum absolute atomic E-state index is 13.8. The van der Waals surface area contributed by atoms with Crippen LogP contribution in [0.4, 0.5) is 5.13 Å². The summed E-state index contributed by atoms with van der Waals surface area (Å²) in [6, 6.07) is 7.57. The van der Waals surface area contributed by atoms with E-state index in [4.69, 9.17) is 19.2 Å². The topological polar surface area (TPSA) is 78.7 Å². The smallest absolute Gasteiger partial charge is 0.260 e. The molecule has 0 saturated heterocycles. The van der Waals surface area contributed by atoms with Crippen LogP contribution >= 0.6 is 11.3 Å². The molecule has 178 valence electrons. The summed E-state index contributed by atoms with van der Waals surface area (Å²) in [5.41, 5.74) is 3.62. The number of benzene rings is 2. The Balaban J connectivity index is 1.73. The van der Waals surface area contributed by atoms with Crippen molar-refractivity contribution in [1.82, 2.24) is 14.5 Å². The van der Waals surface area contributed by atoms with E-state index in [2.05, 4.69) is 24.0 Å². The molecule has 0 fully saturated rings. The monoisotopic (exact) mass is 480 g/mol. The Morgan fingerprint density at radius 2 is 1.79 bits per heavy atom. The third-order valence-corrected chi connectivity index (χ3v) is 6.59. The fourth-order valence-corrected chi connectivity index (χ4v) is 5.12. The molecular formula is C25H28N4O4S. The number of imidazole rings is 1. The van der Waals surface area contributed by atoms with Gasteiger partial charge < -0.3 is 18.8 Å². The van der Waals surface area contributed by atoms with Gasteiger partial charge in [0.05, 0.1) is 37.9 Å². The molecule has 8 nitrogen and oxygen atoms in total. The molecule has 34 heavy (non-hydrogen) atoms. The number of aromatic nitrogens is 3. The number of aryl methyl sites for hydroxylation is 3. The quantitative estimate of drug-likeness (QED) is 0.340. The summed E-state index contributed by atoms with van der Waals surface area (Å²) in [4.78, 5) is 24.5. The van der Waals surface area contributed by atoms with Crippen molar-refractivity contribution in [1.29, 1.82) is 0 Å². The first-order valence-corrected chi connectivity index (χ1v) is 11.7. The van der Waals surface area contributed by atoms with Gasteiger partial charge in [0.25, 0.3) is 5.91 Å². The van der Waals surface area contributed by atoms with Gasteiger partial charge in [-0.15, -0.1) is 0 Å². The lowest BCUT2D eigenvalue weighted by Gasteiger charge is -2.21. The van der Waals surface area contributed by atoms with Crippen LogP contribution in [-0.4, -0.2) is 48.3 Å². The predicted molar refractivity (Wildman–Crippen MR) is 134 cm³/mol. The van der Waals surface area contributed by atoms with E-state index in [1.165, 1.54) is 38.2 Å². The van der Waals surface area contributed by atoms with Crippen LogP contribution in [0.1, 0.15) is 27.9 Å². The van der Waals surface area contributed by atoms with Gasteiger partial charge in [0, 0.05) is 31.0 Å². The minimum Gasteiger partial charge on any atom is -0.493 e. The largest absolute Gasteiger partial charge is 0.493 e. The van der Waals surface area contributed by atoms with Gasteiger partial charge >= 0.3 is 0 Å². The Morgan fingerprint density at radius 1 is 1.06 bits per heavy atom. The average Bonchev–Trinajstić information content (AvgIpc) is 3.50. The molecule has 0 aliphatic carbocycles. The van der Waals surface area contributed by atoms with Gasteiger partial charge in [0.15, 0.2) is 16.6 Å². The number of thiazole rings is 1. The summed E-state index contributed by atoms with van der Waals surface area (Å²) >= 11 is 1.52. The summed E-state index contributed by atoms with van der Waals surface area (Å²) in [5.74, 6) is 1.12. The highest BCUT2D eigenvalue weighted by Gasteiger charge is 2.25. The lowest BCUT2D eigenvalue weighted by atomic mass is 10.1. The first kappa shape index (κ1) is 23.6. The third kappa shape index (κ3) is 4.70. The number of hydrogen-bond acceptors (Lipinski definition) is 7. The lowest BCUT2D eigenvalue weighted by Crippen LogP contribution is -2.32. The zero-order valence-electron chi connectivity index (χ0n) is 20.0. The molecule has 9 heteroatoms. The normalized spacial score (nSPS) is 11.0. The zero-order valence-corrected chi connectivity index (χ0v) is 20.8. The number of carbonyl (C=O) groups is 1. The van der Waals surface area contributed by atoms with Crippen molar-refractivity contribution in [2.75, 3.05) is 32.8 Å². The Kier molecular flexibility index (Phi) is 7.02. The number of carbonyl (C=O) groups excluding carboxylic acids is 1. The van der Waals surface area contributed by atoms with Crippen LogP contribution in [0, 0.1) is 13.8 Å². The maximum atomic E-state index is 13.8. The van der Waals surface area contributed by atoms with Crippen LogP contribution in [0.3, 0.4) is 0 Å². The number of nitrogens with zero attached hydrogens (tertiary/aromatic N) is 4. The summed E-state index contributed by atoms with van der Waals surface area (Å²) in [5, 5.41) is 0.660. The first-order valence-electron chi connectivity index (χ1n) is 10.9.